The van der Waals surface area contributed by atoms with Crippen molar-refractivity contribution in [2.75, 3.05) is 0 Å². The molecule has 0 bridgehead atoms. The Balaban J connectivity index is 1.23. The van der Waals surface area contributed by atoms with Crippen molar-refractivity contribution in [1.82, 2.24) is 0 Å². The first-order valence-electron chi connectivity index (χ1n) is 15.6. The Bertz CT molecular complexity index is 2120. The quantitative estimate of drug-likeness (QED) is 0.207. The maximum absolute atomic E-state index is 6.31. The van der Waals surface area contributed by atoms with E-state index in [1.807, 2.05) is 24.3 Å². The van der Waals surface area contributed by atoms with Gasteiger partial charge in [0.05, 0.1) is 0 Å². The fourth-order valence-corrected chi connectivity index (χ4v) is 8.31. The number of benzene rings is 5. The normalized spacial score (nSPS) is 15.4. The summed E-state index contributed by atoms with van der Waals surface area (Å²) in [5.41, 5.74) is 17.7. The van der Waals surface area contributed by atoms with E-state index in [0.29, 0.717) is 0 Å². The van der Waals surface area contributed by atoms with Crippen molar-refractivity contribution in [1.29, 1.82) is 0 Å². The lowest BCUT2D eigenvalue weighted by molar-refractivity contribution is 0.599. The topological polar surface area (TPSA) is 26.3 Å². The molecule has 2 heteroatoms. The molecule has 5 aromatic carbocycles. The molecule has 0 amide bonds. The lowest BCUT2D eigenvalue weighted by Gasteiger charge is -2.32. The zero-order valence-corrected chi connectivity index (χ0v) is 26.1. The van der Waals surface area contributed by atoms with Gasteiger partial charge in [0.15, 0.2) is 0 Å². The van der Waals surface area contributed by atoms with Crippen molar-refractivity contribution in [2.45, 2.75) is 52.4 Å². The van der Waals surface area contributed by atoms with Gasteiger partial charge < -0.3 is 8.83 Å². The van der Waals surface area contributed by atoms with Crippen molar-refractivity contribution < 1.29 is 8.83 Å². The van der Waals surface area contributed by atoms with E-state index in [2.05, 4.69) is 114 Å². The first-order chi connectivity index (χ1) is 21.1. The molecule has 214 valence electrons. The minimum absolute atomic E-state index is 0.171. The van der Waals surface area contributed by atoms with Gasteiger partial charge in [0.1, 0.15) is 22.7 Å². The Labute approximate surface area is 258 Å². The Morgan fingerprint density at radius 1 is 0.477 bits per heavy atom. The highest BCUT2D eigenvalue weighted by Gasteiger charge is 2.47. The zero-order chi connectivity index (χ0) is 30.1. The summed E-state index contributed by atoms with van der Waals surface area (Å²) in [6.45, 7) is 14.3. The van der Waals surface area contributed by atoms with Crippen LogP contribution in [0.3, 0.4) is 0 Å². The standard InChI is InChI=1S/C42H34O2/c1-23-24(2)38-30-18-16-28(36-22-26-12-8-10-14-34(26)44-36)20-32(30)42(5,6)40(38)39-37(23)29-17-15-27(19-31(29)41(39,3)4)35-21-25-11-7-9-13-33(25)43-35/h7-22H,1-6H3. The maximum Gasteiger partial charge on any atom is 0.135 e. The highest BCUT2D eigenvalue weighted by Crippen LogP contribution is 2.61. The van der Waals surface area contributed by atoms with Crippen LogP contribution in [0, 0.1) is 13.8 Å². The van der Waals surface area contributed by atoms with Gasteiger partial charge in [-0.3, -0.25) is 0 Å². The number of furan rings is 2. The van der Waals surface area contributed by atoms with Crippen LogP contribution in [0.2, 0.25) is 0 Å². The highest BCUT2D eigenvalue weighted by molar-refractivity contribution is 5.96. The summed E-state index contributed by atoms with van der Waals surface area (Å²) in [6, 6.07) is 34.7. The second-order valence-electron chi connectivity index (χ2n) is 13.8. The second-order valence-corrected chi connectivity index (χ2v) is 13.8. The maximum atomic E-state index is 6.31. The number of hydrogen-bond donors (Lipinski definition) is 0. The molecule has 9 rings (SSSR count). The van der Waals surface area contributed by atoms with E-state index in [1.165, 1.54) is 55.6 Å². The van der Waals surface area contributed by atoms with Crippen LogP contribution in [0.5, 0.6) is 0 Å². The lowest BCUT2D eigenvalue weighted by Crippen LogP contribution is -2.24. The Morgan fingerprint density at radius 2 is 0.886 bits per heavy atom. The van der Waals surface area contributed by atoms with Gasteiger partial charge in [-0.05, 0) is 106 Å². The van der Waals surface area contributed by atoms with E-state index in [-0.39, 0.29) is 10.8 Å². The molecule has 0 N–H and O–H groups in total. The van der Waals surface area contributed by atoms with Gasteiger partial charge in [-0.1, -0.05) is 88.4 Å². The predicted molar refractivity (Wildman–Crippen MR) is 181 cm³/mol. The average molecular weight is 571 g/mol. The van der Waals surface area contributed by atoms with Crippen LogP contribution in [0.15, 0.2) is 106 Å². The molecule has 2 aliphatic carbocycles. The van der Waals surface area contributed by atoms with Gasteiger partial charge in [0, 0.05) is 32.7 Å². The molecule has 2 aliphatic rings. The summed E-state index contributed by atoms with van der Waals surface area (Å²) < 4.78 is 12.6. The van der Waals surface area contributed by atoms with E-state index in [0.717, 1.165) is 44.6 Å². The number of rotatable bonds is 2. The van der Waals surface area contributed by atoms with E-state index >= 15 is 0 Å². The third-order valence-electron chi connectivity index (χ3n) is 10.7. The molecular formula is C42H34O2. The van der Waals surface area contributed by atoms with Gasteiger partial charge >= 0.3 is 0 Å². The minimum Gasteiger partial charge on any atom is -0.456 e. The van der Waals surface area contributed by atoms with Crippen molar-refractivity contribution in [3.8, 4) is 44.9 Å². The molecule has 44 heavy (non-hydrogen) atoms. The fraction of sp³-hybridized carbons (Fsp3) is 0.190. The number of para-hydroxylation sites is 2. The van der Waals surface area contributed by atoms with Gasteiger partial charge in [-0.2, -0.15) is 0 Å². The van der Waals surface area contributed by atoms with Gasteiger partial charge in [-0.25, -0.2) is 0 Å². The van der Waals surface area contributed by atoms with Gasteiger partial charge in [-0.15, -0.1) is 0 Å². The van der Waals surface area contributed by atoms with Crippen LogP contribution in [0.25, 0.3) is 66.8 Å². The molecule has 7 aromatic rings. The Kier molecular flexibility index (Phi) is 4.91. The zero-order valence-electron chi connectivity index (χ0n) is 26.1. The number of fused-ring (bicyclic) bond motifs is 9. The molecule has 0 spiro atoms. The molecule has 0 fully saturated rings. The predicted octanol–water partition coefficient (Wildman–Crippen LogP) is 11.7. The molecule has 0 radical (unpaired) electrons. The van der Waals surface area contributed by atoms with Gasteiger partial charge in [0.25, 0.3) is 0 Å². The average Bonchev–Trinajstić information content (AvgIpc) is 3.75. The largest absolute Gasteiger partial charge is 0.456 e. The molecule has 0 saturated carbocycles. The smallest absolute Gasteiger partial charge is 0.135 e. The third-order valence-corrected chi connectivity index (χ3v) is 10.7. The Morgan fingerprint density at radius 3 is 1.30 bits per heavy atom. The first kappa shape index (κ1) is 25.7. The molecule has 2 aromatic heterocycles. The summed E-state index contributed by atoms with van der Waals surface area (Å²) >= 11 is 0. The van der Waals surface area contributed by atoms with Crippen LogP contribution >= 0.6 is 0 Å². The van der Waals surface area contributed by atoms with Crippen molar-refractivity contribution in [3.63, 3.8) is 0 Å². The monoisotopic (exact) mass is 570 g/mol. The van der Waals surface area contributed by atoms with Crippen LogP contribution < -0.4 is 0 Å². The van der Waals surface area contributed by atoms with Crippen molar-refractivity contribution in [2.24, 2.45) is 0 Å². The van der Waals surface area contributed by atoms with E-state index in [4.69, 9.17) is 8.83 Å². The lowest BCUT2D eigenvalue weighted by atomic mass is 9.71. The third kappa shape index (κ3) is 3.21. The van der Waals surface area contributed by atoms with Crippen LogP contribution in [-0.2, 0) is 10.8 Å². The van der Waals surface area contributed by atoms with Crippen LogP contribution in [0.4, 0.5) is 0 Å². The molecule has 0 aliphatic heterocycles. The summed E-state index contributed by atoms with van der Waals surface area (Å²) in [5.74, 6) is 1.84. The van der Waals surface area contributed by atoms with E-state index in [9.17, 15) is 0 Å². The second kappa shape index (κ2) is 8.42. The summed E-state index contributed by atoms with van der Waals surface area (Å²) in [4.78, 5) is 0. The molecule has 0 unspecified atom stereocenters. The molecule has 0 saturated heterocycles. The Hall–Kier alpha value is -4.82. The number of hydrogen-bond acceptors (Lipinski definition) is 2. The van der Waals surface area contributed by atoms with E-state index in [1.54, 1.807) is 0 Å². The fourth-order valence-electron chi connectivity index (χ4n) is 8.31. The first-order valence-corrected chi connectivity index (χ1v) is 15.6. The van der Waals surface area contributed by atoms with Gasteiger partial charge in [0.2, 0.25) is 0 Å². The summed E-state index contributed by atoms with van der Waals surface area (Å²) in [7, 11) is 0. The minimum atomic E-state index is -0.171. The molecule has 2 heterocycles. The van der Waals surface area contributed by atoms with Crippen molar-refractivity contribution in [3.05, 3.63) is 130 Å². The van der Waals surface area contributed by atoms with Crippen molar-refractivity contribution >= 4 is 21.9 Å². The molecular weight excluding hydrogens is 536 g/mol. The summed E-state index contributed by atoms with van der Waals surface area (Å²) in [6.07, 6.45) is 0. The van der Waals surface area contributed by atoms with Crippen LogP contribution in [-0.4, -0.2) is 0 Å². The molecule has 2 nitrogen and oxygen atoms in total. The molecule has 0 atom stereocenters. The van der Waals surface area contributed by atoms with Crippen LogP contribution in [0.1, 0.15) is 61.1 Å². The highest BCUT2D eigenvalue weighted by atomic mass is 16.3. The van der Waals surface area contributed by atoms with E-state index < -0.39 is 0 Å². The SMILES string of the molecule is Cc1c(C)c2c(c3c1-c1ccc(-c4cc5ccccc5o4)cc1C3(C)C)C(C)(C)c1cc(-c3cc4ccccc4o3)ccc1-2. The summed E-state index contributed by atoms with van der Waals surface area (Å²) in [5, 5.41) is 2.27.